The van der Waals surface area contributed by atoms with Crippen molar-refractivity contribution < 1.29 is 14.3 Å². The average molecular weight is 460 g/mol. The molecule has 3 aromatic rings. The van der Waals surface area contributed by atoms with Crippen molar-refractivity contribution in [2.45, 2.75) is 45.4 Å². The van der Waals surface area contributed by atoms with Gasteiger partial charge < -0.3 is 14.4 Å². The summed E-state index contributed by atoms with van der Waals surface area (Å²) >= 11 is 0. The summed E-state index contributed by atoms with van der Waals surface area (Å²) in [6.45, 7) is 5.52. The molecular weight excluding hydrogens is 426 g/mol. The molecule has 2 aromatic carbocycles. The number of likely N-dealkylation sites (tertiary alicyclic amines) is 1. The number of hydrogen-bond donors (Lipinski definition) is 0. The van der Waals surface area contributed by atoms with E-state index in [0.29, 0.717) is 30.9 Å². The summed E-state index contributed by atoms with van der Waals surface area (Å²) < 4.78 is 10.7. The molecule has 1 fully saturated rings. The number of benzene rings is 2. The molecule has 1 aromatic heterocycles. The maximum absolute atomic E-state index is 13.1. The zero-order chi connectivity index (χ0) is 24.1. The smallest absolute Gasteiger partial charge is 0.222 e. The summed E-state index contributed by atoms with van der Waals surface area (Å²) in [6.07, 6.45) is 5.07. The second-order valence-electron chi connectivity index (χ2n) is 8.95. The highest BCUT2D eigenvalue weighted by molar-refractivity contribution is 5.77. The van der Waals surface area contributed by atoms with E-state index in [-0.39, 0.29) is 11.8 Å². The highest BCUT2D eigenvalue weighted by Crippen LogP contribution is 2.34. The van der Waals surface area contributed by atoms with Gasteiger partial charge in [-0.15, -0.1) is 0 Å². The SMILES string of the molecule is COc1ccc(CCC(=O)N2CCC[C@H](c3nc(C)ncc3-c3cccc(C)c3)C2)cc1OC. The lowest BCUT2D eigenvalue weighted by Gasteiger charge is -2.33. The molecule has 178 valence electrons. The number of piperidine rings is 1. The van der Waals surface area contributed by atoms with Gasteiger partial charge in [0.1, 0.15) is 5.82 Å². The molecule has 1 saturated heterocycles. The Morgan fingerprint density at radius 3 is 2.68 bits per heavy atom. The minimum absolute atomic E-state index is 0.183. The summed E-state index contributed by atoms with van der Waals surface area (Å²) in [4.78, 5) is 24.5. The monoisotopic (exact) mass is 459 g/mol. The van der Waals surface area contributed by atoms with Gasteiger partial charge in [-0.05, 0) is 56.4 Å². The fourth-order valence-corrected chi connectivity index (χ4v) is 4.71. The first-order chi connectivity index (χ1) is 16.5. The van der Waals surface area contributed by atoms with Crippen molar-refractivity contribution in [3.8, 4) is 22.6 Å². The molecular formula is C28H33N3O3. The molecule has 1 amide bonds. The number of hydrogen-bond acceptors (Lipinski definition) is 5. The fraction of sp³-hybridized carbons (Fsp3) is 0.393. The molecule has 0 radical (unpaired) electrons. The highest BCUT2D eigenvalue weighted by Gasteiger charge is 2.28. The second kappa shape index (κ2) is 10.7. The molecule has 0 unspecified atom stereocenters. The molecule has 1 atom stereocenters. The molecule has 4 rings (SSSR count). The van der Waals surface area contributed by atoms with Gasteiger partial charge in [0.05, 0.1) is 19.9 Å². The second-order valence-corrected chi connectivity index (χ2v) is 8.95. The number of ether oxygens (including phenoxy) is 2. The topological polar surface area (TPSA) is 64.5 Å². The van der Waals surface area contributed by atoms with E-state index in [1.165, 1.54) is 5.56 Å². The van der Waals surface area contributed by atoms with Crippen LogP contribution in [-0.2, 0) is 11.2 Å². The van der Waals surface area contributed by atoms with Gasteiger partial charge in [0.2, 0.25) is 5.91 Å². The molecule has 1 aliphatic heterocycles. The van der Waals surface area contributed by atoms with Gasteiger partial charge in [0, 0.05) is 37.2 Å². The van der Waals surface area contributed by atoms with Crippen LogP contribution in [-0.4, -0.2) is 48.1 Å². The molecule has 0 spiro atoms. The van der Waals surface area contributed by atoms with Crippen molar-refractivity contribution in [3.63, 3.8) is 0 Å². The van der Waals surface area contributed by atoms with E-state index in [1.54, 1.807) is 14.2 Å². The number of nitrogens with zero attached hydrogens (tertiary/aromatic N) is 3. The zero-order valence-electron chi connectivity index (χ0n) is 20.5. The molecule has 0 saturated carbocycles. The largest absolute Gasteiger partial charge is 0.493 e. The van der Waals surface area contributed by atoms with Gasteiger partial charge in [0.25, 0.3) is 0 Å². The van der Waals surface area contributed by atoms with Crippen LogP contribution >= 0.6 is 0 Å². The molecule has 6 heteroatoms. The van der Waals surface area contributed by atoms with E-state index in [2.05, 4.69) is 36.2 Å². The summed E-state index contributed by atoms with van der Waals surface area (Å²) in [5, 5.41) is 0. The van der Waals surface area contributed by atoms with Crippen molar-refractivity contribution >= 4 is 5.91 Å². The van der Waals surface area contributed by atoms with E-state index in [9.17, 15) is 4.79 Å². The summed E-state index contributed by atoms with van der Waals surface area (Å²) in [6, 6.07) is 14.3. The molecule has 34 heavy (non-hydrogen) atoms. The van der Waals surface area contributed by atoms with E-state index in [1.807, 2.05) is 36.2 Å². The van der Waals surface area contributed by atoms with Gasteiger partial charge in [-0.25, -0.2) is 9.97 Å². The van der Waals surface area contributed by atoms with E-state index in [0.717, 1.165) is 47.6 Å². The lowest BCUT2D eigenvalue weighted by molar-refractivity contribution is -0.132. The predicted molar refractivity (Wildman–Crippen MR) is 133 cm³/mol. The van der Waals surface area contributed by atoms with Gasteiger partial charge in [0.15, 0.2) is 11.5 Å². The van der Waals surface area contributed by atoms with E-state index in [4.69, 9.17) is 14.5 Å². The Morgan fingerprint density at radius 1 is 1.09 bits per heavy atom. The Morgan fingerprint density at radius 2 is 1.91 bits per heavy atom. The van der Waals surface area contributed by atoms with Crippen molar-refractivity contribution in [1.29, 1.82) is 0 Å². The maximum Gasteiger partial charge on any atom is 0.222 e. The Balaban J connectivity index is 1.48. The average Bonchev–Trinajstić information content (AvgIpc) is 2.87. The van der Waals surface area contributed by atoms with Crippen LogP contribution in [0.25, 0.3) is 11.1 Å². The Kier molecular flexibility index (Phi) is 7.46. The van der Waals surface area contributed by atoms with Crippen molar-refractivity contribution in [3.05, 3.63) is 71.3 Å². The summed E-state index contributed by atoms with van der Waals surface area (Å²) in [7, 11) is 3.25. The molecule has 0 bridgehead atoms. The highest BCUT2D eigenvalue weighted by atomic mass is 16.5. The van der Waals surface area contributed by atoms with Crippen LogP contribution in [0.5, 0.6) is 11.5 Å². The standard InChI is InChI=1S/C28H33N3O3/c1-19-7-5-8-22(15-19)24-17-29-20(2)30-28(24)23-9-6-14-31(18-23)27(32)13-11-21-10-12-25(33-3)26(16-21)34-4/h5,7-8,10,12,15-17,23H,6,9,11,13-14,18H2,1-4H3/t23-/m0/s1. The molecule has 0 N–H and O–H groups in total. The number of amides is 1. The Bertz CT molecular complexity index is 1160. The van der Waals surface area contributed by atoms with Gasteiger partial charge in [-0.3, -0.25) is 4.79 Å². The van der Waals surface area contributed by atoms with Crippen molar-refractivity contribution in [2.24, 2.45) is 0 Å². The number of rotatable bonds is 7. The van der Waals surface area contributed by atoms with Crippen LogP contribution in [0, 0.1) is 13.8 Å². The summed E-state index contributed by atoms with van der Waals surface area (Å²) in [5.41, 5.74) is 5.52. The van der Waals surface area contributed by atoms with Gasteiger partial charge >= 0.3 is 0 Å². The quantitative estimate of drug-likeness (QED) is 0.491. The van der Waals surface area contributed by atoms with E-state index < -0.39 is 0 Å². The normalized spacial score (nSPS) is 15.8. The number of aryl methyl sites for hydroxylation is 3. The maximum atomic E-state index is 13.1. The number of methoxy groups -OCH3 is 2. The van der Waals surface area contributed by atoms with Crippen molar-refractivity contribution in [2.75, 3.05) is 27.3 Å². The first kappa shape index (κ1) is 23.7. The number of carbonyl (C=O) groups is 1. The Hall–Kier alpha value is -3.41. The zero-order valence-corrected chi connectivity index (χ0v) is 20.5. The predicted octanol–water partition coefficient (Wildman–Crippen LogP) is 5.12. The molecule has 1 aliphatic rings. The minimum Gasteiger partial charge on any atom is -0.493 e. The third-order valence-corrected chi connectivity index (χ3v) is 6.50. The first-order valence-electron chi connectivity index (χ1n) is 11.9. The van der Waals surface area contributed by atoms with Crippen LogP contribution < -0.4 is 9.47 Å². The van der Waals surface area contributed by atoms with Crippen LogP contribution in [0.1, 0.15) is 47.8 Å². The van der Waals surface area contributed by atoms with Crippen LogP contribution in [0.4, 0.5) is 0 Å². The van der Waals surface area contributed by atoms with Gasteiger partial charge in [-0.2, -0.15) is 0 Å². The fourth-order valence-electron chi connectivity index (χ4n) is 4.71. The third kappa shape index (κ3) is 5.38. The third-order valence-electron chi connectivity index (χ3n) is 6.50. The van der Waals surface area contributed by atoms with Gasteiger partial charge in [-0.1, -0.05) is 35.9 Å². The van der Waals surface area contributed by atoms with Crippen LogP contribution in [0.15, 0.2) is 48.7 Å². The molecule has 6 nitrogen and oxygen atoms in total. The van der Waals surface area contributed by atoms with Crippen LogP contribution in [0.3, 0.4) is 0 Å². The molecule has 2 heterocycles. The van der Waals surface area contributed by atoms with E-state index >= 15 is 0 Å². The van der Waals surface area contributed by atoms with Crippen molar-refractivity contribution in [1.82, 2.24) is 14.9 Å². The molecule has 0 aliphatic carbocycles. The van der Waals surface area contributed by atoms with Crippen LogP contribution in [0.2, 0.25) is 0 Å². The Labute approximate surface area is 202 Å². The number of aromatic nitrogens is 2. The lowest BCUT2D eigenvalue weighted by atomic mass is 9.89. The lowest BCUT2D eigenvalue weighted by Crippen LogP contribution is -2.39. The summed E-state index contributed by atoms with van der Waals surface area (Å²) in [5.74, 6) is 2.54. The first-order valence-corrected chi connectivity index (χ1v) is 11.9. The minimum atomic E-state index is 0.183. The number of carbonyl (C=O) groups excluding carboxylic acids is 1.